The van der Waals surface area contributed by atoms with Crippen molar-refractivity contribution in [3.8, 4) is 5.75 Å². The molecule has 2 atom stereocenters. The van der Waals surface area contributed by atoms with Crippen LogP contribution in [0, 0.1) is 0 Å². The second kappa shape index (κ2) is 7.07. The number of likely N-dealkylation sites (N-methyl/N-ethyl adjacent to an activating group) is 1. The lowest BCUT2D eigenvalue weighted by Crippen LogP contribution is -2.53. The number of hydrogen-bond donors (Lipinski definition) is 1. The van der Waals surface area contributed by atoms with Gasteiger partial charge in [-0.3, -0.25) is 9.80 Å². The summed E-state index contributed by atoms with van der Waals surface area (Å²) in [5.41, 5.74) is 7.30. The minimum absolute atomic E-state index is 0.284. The van der Waals surface area contributed by atoms with Crippen LogP contribution in [0.1, 0.15) is 25.5 Å². The molecule has 4 heteroatoms. The van der Waals surface area contributed by atoms with Crippen molar-refractivity contribution in [3.63, 3.8) is 0 Å². The number of methoxy groups -OCH3 is 1. The molecule has 0 amide bonds. The van der Waals surface area contributed by atoms with Crippen LogP contribution in [0.5, 0.6) is 5.75 Å². The molecular formula is C16H27N3O. The topological polar surface area (TPSA) is 41.7 Å². The fourth-order valence-corrected chi connectivity index (χ4v) is 3.12. The summed E-state index contributed by atoms with van der Waals surface area (Å²) in [6, 6.07) is 9.16. The summed E-state index contributed by atoms with van der Waals surface area (Å²) in [4.78, 5) is 5.03. The molecular weight excluding hydrogens is 250 g/mol. The summed E-state index contributed by atoms with van der Waals surface area (Å²) in [6.45, 7) is 9.58. The van der Waals surface area contributed by atoms with E-state index in [1.54, 1.807) is 7.11 Å². The largest absolute Gasteiger partial charge is 0.497 e. The van der Waals surface area contributed by atoms with Crippen LogP contribution >= 0.6 is 0 Å². The average molecular weight is 277 g/mol. The Morgan fingerprint density at radius 3 is 2.80 bits per heavy atom. The van der Waals surface area contributed by atoms with E-state index in [2.05, 4.69) is 35.8 Å². The van der Waals surface area contributed by atoms with E-state index in [1.807, 2.05) is 12.1 Å². The van der Waals surface area contributed by atoms with Crippen molar-refractivity contribution in [1.29, 1.82) is 0 Å². The number of piperazine rings is 1. The number of nitrogens with zero attached hydrogens (tertiary/aromatic N) is 2. The molecule has 1 aromatic rings. The Bertz CT molecular complexity index is 424. The Morgan fingerprint density at radius 2 is 2.20 bits per heavy atom. The average Bonchev–Trinajstić information content (AvgIpc) is 2.48. The molecule has 1 aromatic carbocycles. The van der Waals surface area contributed by atoms with E-state index in [0.717, 1.165) is 31.9 Å². The van der Waals surface area contributed by atoms with Crippen LogP contribution in [0.3, 0.4) is 0 Å². The van der Waals surface area contributed by atoms with Gasteiger partial charge in [0.2, 0.25) is 0 Å². The molecule has 0 bridgehead atoms. The maximum absolute atomic E-state index is 6.04. The molecule has 0 aliphatic carbocycles. The van der Waals surface area contributed by atoms with Crippen LogP contribution in [0.15, 0.2) is 24.3 Å². The highest BCUT2D eigenvalue weighted by Gasteiger charge is 2.27. The van der Waals surface area contributed by atoms with E-state index >= 15 is 0 Å². The standard InChI is InChI=1S/C16H27N3O/c1-4-18-8-9-19(12-13(18)2)16(11-17)14-6-5-7-15(10-14)20-3/h5-7,10,13,16H,4,8-9,11-12,17H2,1-3H3. The van der Waals surface area contributed by atoms with Crippen molar-refractivity contribution < 1.29 is 4.74 Å². The normalized spacial score (nSPS) is 22.7. The van der Waals surface area contributed by atoms with Crippen molar-refractivity contribution in [1.82, 2.24) is 9.80 Å². The monoisotopic (exact) mass is 277 g/mol. The van der Waals surface area contributed by atoms with Crippen LogP contribution in [0.4, 0.5) is 0 Å². The van der Waals surface area contributed by atoms with Gasteiger partial charge in [0.1, 0.15) is 5.75 Å². The Kier molecular flexibility index (Phi) is 5.40. The van der Waals surface area contributed by atoms with E-state index in [4.69, 9.17) is 10.5 Å². The molecule has 0 saturated carbocycles. The predicted octanol–water partition coefficient (Wildman–Crippen LogP) is 1.72. The number of hydrogen-bond acceptors (Lipinski definition) is 4. The molecule has 1 aliphatic heterocycles. The maximum atomic E-state index is 6.04. The van der Waals surface area contributed by atoms with Gasteiger partial charge in [-0.25, -0.2) is 0 Å². The van der Waals surface area contributed by atoms with Crippen LogP contribution in [0.25, 0.3) is 0 Å². The molecule has 0 radical (unpaired) electrons. The Balaban J connectivity index is 2.12. The number of nitrogens with two attached hydrogens (primary N) is 1. The maximum Gasteiger partial charge on any atom is 0.119 e. The lowest BCUT2D eigenvalue weighted by molar-refractivity contribution is 0.0606. The molecule has 112 valence electrons. The smallest absolute Gasteiger partial charge is 0.119 e. The predicted molar refractivity (Wildman–Crippen MR) is 83.1 cm³/mol. The Hall–Kier alpha value is -1.10. The first-order chi connectivity index (χ1) is 9.69. The highest BCUT2D eigenvalue weighted by atomic mass is 16.5. The quantitative estimate of drug-likeness (QED) is 0.890. The Labute approximate surface area is 122 Å². The molecule has 20 heavy (non-hydrogen) atoms. The van der Waals surface area contributed by atoms with E-state index in [9.17, 15) is 0 Å². The summed E-state index contributed by atoms with van der Waals surface area (Å²) in [5.74, 6) is 0.904. The summed E-state index contributed by atoms with van der Waals surface area (Å²) >= 11 is 0. The minimum atomic E-state index is 0.284. The van der Waals surface area contributed by atoms with Gasteiger partial charge in [0, 0.05) is 38.3 Å². The van der Waals surface area contributed by atoms with Crippen LogP contribution in [0.2, 0.25) is 0 Å². The molecule has 1 saturated heterocycles. The van der Waals surface area contributed by atoms with E-state index < -0.39 is 0 Å². The highest BCUT2D eigenvalue weighted by Crippen LogP contribution is 2.25. The zero-order chi connectivity index (χ0) is 14.5. The van der Waals surface area contributed by atoms with E-state index in [1.165, 1.54) is 5.56 Å². The second-order valence-electron chi connectivity index (χ2n) is 5.50. The van der Waals surface area contributed by atoms with Crippen LogP contribution in [-0.4, -0.2) is 55.7 Å². The van der Waals surface area contributed by atoms with E-state index in [0.29, 0.717) is 12.6 Å². The zero-order valence-electron chi connectivity index (χ0n) is 12.9. The highest BCUT2D eigenvalue weighted by molar-refractivity contribution is 5.31. The molecule has 1 heterocycles. The second-order valence-corrected chi connectivity index (χ2v) is 5.50. The molecule has 2 rings (SSSR count). The summed E-state index contributed by atoms with van der Waals surface area (Å²) in [7, 11) is 1.71. The van der Waals surface area contributed by atoms with Gasteiger partial charge < -0.3 is 10.5 Å². The van der Waals surface area contributed by atoms with Crippen molar-refractivity contribution in [2.45, 2.75) is 25.9 Å². The minimum Gasteiger partial charge on any atom is -0.497 e. The third-order valence-corrected chi connectivity index (χ3v) is 4.35. The molecule has 2 N–H and O–H groups in total. The molecule has 0 spiro atoms. The van der Waals surface area contributed by atoms with Gasteiger partial charge in [-0.15, -0.1) is 0 Å². The first-order valence-corrected chi connectivity index (χ1v) is 7.51. The molecule has 2 unspecified atom stereocenters. The van der Waals surface area contributed by atoms with Crippen molar-refractivity contribution in [2.24, 2.45) is 5.73 Å². The van der Waals surface area contributed by atoms with Crippen molar-refractivity contribution in [3.05, 3.63) is 29.8 Å². The van der Waals surface area contributed by atoms with E-state index in [-0.39, 0.29) is 6.04 Å². The molecule has 1 fully saturated rings. The van der Waals surface area contributed by atoms with Gasteiger partial charge in [-0.05, 0) is 31.2 Å². The summed E-state index contributed by atoms with van der Waals surface area (Å²) < 4.78 is 5.32. The van der Waals surface area contributed by atoms with Gasteiger partial charge in [-0.1, -0.05) is 19.1 Å². The lowest BCUT2D eigenvalue weighted by atomic mass is 10.0. The SMILES string of the molecule is CCN1CCN(C(CN)c2cccc(OC)c2)CC1C. The fourth-order valence-electron chi connectivity index (χ4n) is 3.12. The number of ether oxygens (including phenoxy) is 1. The summed E-state index contributed by atoms with van der Waals surface area (Å²) in [6.07, 6.45) is 0. The third kappa shape index (κ3) is 3.32. The first kappa shape index (κ1) is 15.3. The third-order valence-electron chi connectivity index (χ3n) is 4.35. The van der Waals surface area contributed by atoms with Crippen molar-refractivity contribution >= 4 is 0 Å². The number of rotatable bonds is 5. The lowest BCUT2D eigenvalue weighted by Gasteiger charge is -2.42. The van der Waals surface area contributed by atoms with Crippen molar-refractivity contribution in [2.75, 3.05) is 39.8 Å². The van der Waals surface area contributed by atoms with Crippen LogP contribution in [-0.2, 0) is 0 Å². The van der Waals surface area contributed by atoms with Crippen LogP contribution < -0.4 is 10.5 Å². The molecule has 0 aromatic heterocycles. The first-order valence-electron chi connectivity index (χ1n) is 7.51. The van der Waals surface area contributed by atoms with Gasteiger partial charge in [0.05, 0.1) is 7.11 Å². The van der Waals surface area contributed by atoms with Gasteiger partial charge in [0.25, 0.3) is 0 Å². The summed E-state index contributed by atoms with van der Waals surface area (Å²) in [5, 5.41) is 0. The molecule has 4 nitrogen and oxygen atoms in total. The van der Waals surface area contributed by atoms with Gasteiger partial charge in [0.15, 0.2) is 0 Å². The Morgan fingerprint density at radius 1 is 1.40 bits per heavy atom. The fraction of sp³-hybridized carbons (Fsp3) is 0.625. The van der Waals surface area contributed by atoms with Gasteiger partial charge >= 0.3 is 0 Å². The zero-order valence-corrected chi connectivity index (χ0v) is 12.9. The molecule has 1 aliphatic rings. The number of benzene rings is 1. The van der Waals surface area contributed by atoms with Gasteiger partial charge in [-0.2, -0.15) is 0 Å².